The molecule has 1 fully saturated rings. The van der Waals surface area contributed by atoms with Gasteiger partial charge >= 0.3 is 24.0 Å². The van der Waals surface area contributed by atoms with Crippen LogP contribution in [0.3, 0.4) is 0 Å². The van der Waals surface area contributed by atoms with Crippen LogP contribution in [0.1, 0.15) is 75.0 Å². The lowest BCUT2D eigenvalue weighted by Gasteiger charge is -2.43. The number of likely N-dealkylation sites (tertiary alicyclic amines) is 1. The van der Waals surface area contributed by atoms with Crippen LogP contribution in [0.5, 0.6) is 0 Å². The Labute approximate surface area is 260 Å². The molecule has 0 spiro atoms. The molecule has 1 N–H and O–H groups in total. The SMILES string of the molecule is CCCC[C@H](CCCC(=O)O)C(=O)N1CC[C@@]2(S(=O)(=O)c3ccc(F)cc3)c3ccc(C(F)(C(F)(F)F)C(F)(F)F)cc3CC[C@@H]12. The first-order valence-corrected chi connectivity index (χ1v) is 16.3. The molecule has 0 saturated carbocycles. The number of aliphatic carboxylic acids is 1. The van der Waals surface area contributed by atoms with Crippen LogP contribution >= 0.6 is 0 Å². The van der Waals surface area contributed by atoms with Crippen molar-refractivity contribution in [3.05, 3.63) is 65.0 Å². The Balaban J connectivity index is 1.87. The maximum Gasteiger partial charge on any atom is 0.435 e. The highest BCUT2D eigenvalue weighted by Crippen LogP contribution is 2.57. The molecule has 0 aromatic heterocycles. The van der Waals surface area contributed by atoms with Crippen LogP contribution in [0.2, 0.25) is 0 Å². The van der Waals surface area contributed by atoms with Gasteiger partial charge in [-0.3, -0.25) is 9.59 Å². The van der Waals surface area contributed by atoms with Gasteiger partial charge < -0.3 is 10.0 Å². The van der Waals surface area contributed by atoms with Gasteiger partial charge in [0.2, 0.25) is 5.91 Å². The lowest BCUT2D eigenvalue weighted by molar-refractivity contribution is -0.348. The summed E-state index contributed by atoms with van der Waals surface area (Å²) < 4.78 is 137. The Morgan fingerprint density at radius 1 is 0.978 bits per heavy atom. The highest BCUT2D eigenvalue weighted by molar-refractivity contribution is 7.92. The van der Waals surface area contributed by atoms with Gasteiger partial charge in [0, 0.05) is 24.4 Å². The van der Waals surface area contributed by atoms with Crippen molar-refractivity contribution in [2.45, 2.75) is 98.4 Å². The fraction of sp³-hybridized carbons (Fsp3) is 0.548. The summed E-state index contributed by atoms with van der Waals surface area (Å²) in [4.78, 5) is 26.1. The number of carbonyl (C=O) groups excluding carboxylic acids is 1. The number of carboxylic acid groups (broad SMARTS) is 1. The van der Waals surface area contributed by atoms with Gasteiger partial charge in [0.05, 0.1) is 10.9 Å². The first-order chi connectivity index (χ1) is 21.3. The number of hydrogen-bond acceptors (Lipinski definition) is 4. The molecule has 3 atom stereocenters. The number of carboxylic acids is 1. The molecule has 0 radical (unpaired) electrons. The van der Waals surface area contributed by atoms with E-state index in [-0.39, 0.29) is 67.2 Å². The summed E-state index contributed by atoms with van der Waals surface area (Å²) in [5.41, 5.74) is -7.87. The number of amides is 1. The molecule has 0 unspecified atom stereocenters. The number of hydrogen-bond donors (Lipinski definition) is 1. The minimum absolute atomic E-state index is 0.134. The summed E-state index contributed by atoms with van der Waals surface area (Å²) >= 11 is 0. The van der Waals surface area contributed by atoms with Gasteiger partial charge in [-0.1, -0.05) is 38.0 Å². The van der Waals surface area contributed by atoms with Crippen LogP contribution in [0.4, 0.5) is 35.1 Å². The topological polar surface area (TPSA) is 91.8 Å². The van der Waals surface area contributed by atoms with Crippen molar-refractivity contribution in [1.29, 1.82) is 0 Å². The number of halogens is 8. The molecule has 2 aliphatic rings. The molecule has 2 aromatic carbocycles. The summed E-state index contributed by atoms with van der Waals surface area (Å²) in [7, 11) is -4.61. The van der Waals surface area contributed by atoms with Crippen molar-refractivity contribution in [3.63, 3.8) is 0 Å². The lowest BCUT2D eigenvalue weighted by atomic mass is 9.76. The number of sulfone groups is 1. The van der Waals surface area contributed by atoms with Crippen molar-refractivity contribution >= 4 is 21.7 Å². The van der Waals surface area contributed by atoms with Crippen LogP contribution in [0.25, 0.3) is 0 Å². The average Bonchev–Trinajstić information content (AvgIpc) is 3.38. The van der Waals surface area contributed by atoms with Crippen molar-refractivity contribution in [2.24, 2.45) is 5.92 Å². The minimum atomic E-state index is -6.38. The van der Waals surface area contributed by atoms with Gasteiger partial charge in [0.15, 0.2) is 9.84 Å². The molecule has 15 heteroatoms. The summed E-state index contributed by atoms with van der Waals surface area (Å²) in [5, 5.41) is 9.07. The van der Waals surface area contributed by atoms with Gasteiger partial charge in [0.25, 0.3) is 0 Å². The van der Waals surface area contributed by atoms with Gasteiger partial charge in [-0.2, -0.15) is 26.3 Å². The number of nitrogens with zero attached hydrogens (tertiary/aromatic N) is 1. The second kappa shape index (κ2) is 12.8. The number of rotatable bonds is 11. The van der Waals surface area contributed by atoms with E-state index < -0.39 is 67.8 Å². The van der Waals surface area contributed by atoms with E-state index >= 15 is 4.39 Å². The van der Waals surface area contributed by atoms with E-state index in [2.05, 4.69) is 0 Å². The number of carbonyl (C=O) groups is 2. The monoisotopic (exact) mass is 683 g/mol. The summed E-state index contributed by atoms with van der Waals surface area (Å²) in [6, 6.07) is 4.07. The Bertz CT molecular complexity index is 1540. The number of aryl methyl sites for hydroxylation is 1. The normalized spacial score (nSPS) is 21.1. The molecule has 4 rings (SSSR count). The first-order valence-electron chi connectivity index (χ1n) is 14.8. The number of fused-ring (bicyclic) bond motifs is 3. The highest BCUT2D eigenvalue weighted by atomic mass is 32.2. The van der Waals surface area contributed by atoms with Crippen molar-refractivity contribution in [3.8, 4) is 0 Å². The molecule has 1 amide bonds. The average molecular weight is 684 g/mol. The number of alkyl halides is 7. The first kappa shape index (κ1) is 35.6. The summed E-state index contributed by atoms with van der Waals surface area (Å²) in [5.74, 6) is -2.90. The van der Waals surface area contributed by atoms with Gasteiger partial charge in [-0.15, -0.1) is 0 Å². The smallest absolute Gasteiger partial charge is 0.435 e. The van der Waals surface area contributed by atoms with Crippen molar-refractivity contribution in [2.75, 3.05) is 6.54 Å². The van der Waals surface area contributed by atoms with Crippen LogP contribution in [-0.4, -0.2) is 55.2 Å². The van der Waals surface area contributed by atoms with Crippen molar-refractivity contribution in [1.82, 2.24) is 4.90 Å². The summed E-state index contributed by atoms with van der Waals surface area (Å²) in [6.45, 7) is 1.76. The summed E-state index contributed by atoms with van der Waals surface area (Å²) in [6.07, 6.45) is -11.6. The number of benzene rings is 2. The third-order valence-electron chi connectivity index (χ3n) is 9.15. The van der Waals surface area contributed by atoms with Gasteiger partial charge in [-0.25, -0.2) is 17.2 Å². The molecule has 46 heavy (non-hydrogen) atoms. The fourth-order valence-electron chi connectivity index (χ4n) is 6.89. The maximum atomic E-state index is 15.0. The van der Waals surface area contributed by atoms with Crippen LogP contribution in [0, 0.1) is 11.7 Å². The predicted molar refractivity (Wildman–Crippen MR) is 150 cm³/mol. The van der Waals surface area contributed by atoms with Crippen molar-refractivity contribution < 1.29 is 58.2 Å². The van der Waals surface area contributed by atoms with E-state index in [9.17, 15) is 48.7 Å². The molecular weight excluding hydrogens is 650 g/mol. The quantitative estimate of drug-likeness (QED) is 0.197. The minimum Gasteiger partial charge on any atom is -0.481 e. The molecule has 1 aliphatic carbocycles. The third-order valence-corrected chi connectivity index (χ3v) is 11.7. The molecule has 2 aromatic rings. The standard InChI is InChI=1S/C31H33F8NO5S/c1-2-3-5-19(6-4-7-26(41)42)27(43)40-17-16-28(46(44,45)23-12-10-22(32)11-13-23)24-14-9-21(18-20(24)8-15-25(28)40)29(33,30(34,35)36)31(37,38)39/h9-14,18-19,25H,2-8,15-17H2,1H3,(H,41,42)/t19-,25-,28-/m1/s1. The zero-order chi connectivity index (χ0) is 34.3. The van der Waals surface area contributed by atoms with Crippen LogP contribution in [-0.2, 0) is 36.3 Å². The van der Waals surface area contributed by atoms with Crippen LogP contribution < -0.4 is 0 Å². The molecule has 254 valence electrons. The Morgan fingerprint density at radius 2 is 1.59 bits per heavy atom. The van der Waals surface area contributed by atoms with E-state index in [0.717, 1.165) is 36.8 Å². The van der Waals surface area contributed by atoms with Gasteiger partial charge in [0.1, 0.15) is 10.6 Å². The molecule has 1 heterocycles. The van der Waals surface area contributed by atoms with Crippen LogP contribution in [0.15, 0.2) is 47.4 Å². The molecular formula is C31H33F8NO5S. The maximum absolute atomic E-state index is 15.0. The number of unbranched alkanes of at least 4 members (excludes halogenated alkanes) is 1. The molecule has 6 nitrogen and oxygen atoms in total. The zero-order valence-electron chi connectivity index (χ0n) is 24.7. The highest BCUT2D eigenvalue weighted by Gasteiger charge is 2.74. The Kier molecular flexibility index (Phi) is 9.88. The third kappa shape index (κ3) is 5.99. The Hall–Kier alpha value is -3.23. The molecule has 1 aliphatic heterocycles. The second-order valence-corrected chi connectivity index (χ2v) is 14.0. The molecule has 1 saturated heterocycles. The lowest BCUT2D eigenvalue weighted by Crippen LogP contribution is -2.53. The van der Waals surface area contributed by atoms with E-state index in [4.69, 9.17) is 5.11 Å². The second-order valence-electron chi connectivity index (χ2n) is 11.8. The predicted octanol–water partition coefficient (Wildman–Crippen LogP) is 7.39. The largest absolute Gasteiger partial charge is 0.481 e. The van der Waals surface area contributed by atoms with E-state index in [1.54, 1.807) is 0 Å². The zero-order valence-corrected chi connectivity index (χ0v) is 25.5. The fourth-order valence-corrected chi connectivity index (χ4v) is 9.26. The van der Waals surface area contributed by atoms with E-state index in [0.29, 0.717) is 18.9 Å². The van der Waals surface area contributed by atoms with Gasteiger partial charge in [-0.05, 0) is 73.9 Å². The van der Waals surface area contributed by atoms with E-state index in [1.165, 1.54) is 4.90 Å². The van der Waals surface area contributed by atoms with E-state index in [1.807, 2.05) is 6.92 Å². The molecule has 0 bridgehead atoms. The Morgan fingerprint density at radius 3 is 2.15 bits per heavy atom.